The van der Waals surface area contributed by atoms with E-state index >= 15 is 0 Å². The Balaban J connectivity index is 2.04. The van der Waals surface area contributed by atoms with Crippen molar-refractivity contribution < 1.29 is 17.9 Å². The Morgan fingerprint density at radius 2 is 2.10 bits per heavy atom. The van der Waals surface area contributed by atoms with Gasteiger partial charge in [-0.3, -0.25) is 4.90 Å². The lowest BCUT2D eigenvalue weighted by Gasteiger charge is -2.26. The third-order valence-corrected chi connectivity index (χ3v) is 4.02. The predicted molar refractivity (Wildman–Crippen MR) is 70.8 cm³/mol. The standard InChI is InChI=1S/C11H15FN4O3S/c12-9-1-3-10(4-2-9)20(18,19)15-11-13-7-16(5-6-17)8-14-11/h1-4,17H,5-8H2,(H2,13,14,15). The summed E-state index contributed by atoms with van der Waals surface area (Å²) in [4.78, 5) is 5.77. The second-order valence-electron chi connectivity index (χ2n) is 4.16. The van der Waals surface area contributed by atoms with E-state index in [1.54, 1.807) is 4.90 Å². The molecule has 0 saturated heterocycles. The maximum Gasteiger partial charge on any atom is 0.264 e. The van der Waals surface area contributed by atoms with E-state index in [-0.39, 0.29) is 24.1 Å². The number of sulfonamides is 1. The van der Waals surface area contributed by atoms with Gasteiger partial charge in [-0.2, -0.15) is 0 Å². The fourth-order valence-electron chi connectivity index (χ4n) is 1.62. The van der Waals surface area contributed by atoms with Gasteiger partial charge in [0.15, 0.2) is 0 Å². The number of aliphatic hydroxyl groups excluding tert-OH is 1. The van der Waals surface area contributed by atoms with Gasteiger partial charge in [-0.15, -0.1) is 0 Å². The molecular formula is C11H15FN4O3S. The third kappa shape index (κ3) is 3.65. The zero-order valence-corrected chi connectivity index (χ0v) is 11.4. The summed E-state index contributed by atoms with van der Waals surface area (Å²) in [7, 11) is -3.78. The van der Waals surface area contributed by atoms with Crippen LogP contribution in [0.4, 0.5) is 4.39 Å². The molecule has 1 heterocycles. The highest BCUT2D eigenvalue weighted by molar-refractivity contribution is 7.90. The Labute approximate surface area is 116 Å². The van der Waals surface area contributed by atoms with Gasteiger partial charge < -0.3 is 10.4 Å². The molecule has 1 aromatic rings. The van der Waals surface area contributed by atoms with Gasteiger partial charge in [0.05, 0.1) is 24.8 Å². The minimum Gasteiger partial charge on any atom is -0.395 e. The summed E-state index contributed by atoms with van der Waals surface area (Å²) in [6, 6.07) is 4.51. The molecule has 0 unspecified atom stereocenters. The molecule has 0 radical (unpaired) electrons. The number of hydrogen-bond acceptors (Lipinski definition) is 6. The van der Waals surface area contributed by atoms with Gasteiger partial charge in [0.1, 0.15) is 5.82 Å². The summed E-state index contributed by atoms with van der Waals surface area (Å²) in [5.41, 5.74) is 0. The van der Waals surface area contributed by atoms with E-state index in [4.69, 9.17) is 5.11 Å². The molecule has 2 rings (SSSR count). The molecule has 1 aromatic carbocycles. The molecule has 110 valence electrons. The lowest BCUT2D eigenvalue weighted by atomic mass is 10.4. The molecule has 1 aliphatic rings. The average molecular weight is 302 g/mol. The molecule has 3 N–H and O–H groups in total. The minimum absolute atomic E-state index is 0.00778. The molecular weight excluding hydrogens is 287 g/mol. The molecule has 0 saturated carbocycles. The lowest BCUT2D eigenvalue weighted by molar-refractivity contribution is 0.190. The first-order valence-electron chi connectivity index (χ1n) is 5.91. The zero-order valence-electron chi connectivity index (χ0n) is 10.6. The number of halogens is 1. The molecule has 0 spiro atoms. The number of benzene rings is 1. The molecule has 0 amide bonds. The summed E-state index contributed by atoms with van der Waals surface area (Å²) in [6.07, 6.45) is 0. The second-order valence-corrected chi connectivity index (χ2v) is 5.84. The summed E-state index contributed by atoms with van der Waals surface area (Å²) >= 11 is 0. The van der Waals surface area contributed by atoms with Gasteiger partial charge in [-0.25, -0.2) is 22.5 Å². The topological polar surface area (TPSA) is 94.0 Å². The van der Waals surface area contributed by atoms with Crippen molar-refractivity contribution in [3.05, 3.63) is 30.1 Å². The van der Waals surface area contributed by atoms with Crippen LogP contribution in [0, 0.1) is 5.82 Å². The minimum atomic E-state index is -3.78. The predicted octanol–water partition coefficient (Wildman–Crippen LogP) is -0.727. The van der Waals surface area contributed by atoms with Crippen LogP contribution < -0.4 is 10.0 Å². The molecule has 0 aromatic heterocycles. The monoisotopic (exact) mass is 302 g/mol. The van der Waals surface area contributed by atoms with Crippen LogP contribution in [0.25, 0.3) is 0 Å². The number of aliphatic hydroxyl groups is 1. The van der Waals surface area contributed by atoms with E-state index in [1.807, 2.05) is 0 Å². The first kappa shape index (κ1) is 14.7. The van der Waals surface area contributed by atoms with Crippen molar-refractivity contribution in [2.75, 3.05) is 26.5 Å². The van der Waals surface area contributed by atoms with E-state index in [2.05, 4.69) is 15.0 Å². The van der Waals surface area contributed by atoms with Gasteiger partial charge in [0.25, 0.3) is 10.0 Å². The van der Waals surface area contributed by atoms with E-state index in [9.17, 15) is 12.8 Å². The number of aliphatic imine (C=N–C) groups is 1. The molecule has 1 aliphatic heterocycles. The SMILES string of the molecule is O=S(=O)(NC1=NCN(CCO)CN1)c1ccc(F)cc1. The maximum absolute atomic E-state index is 12.8. The van der Waals surface area contributed by atoms with Crippen molar-refractivity contribution >= 4 is 16.0 Å². The number of β-amino-alcohol motifs (C(OH)–C–C–N with tert-alkyl or cyclic N) is 1. The van der Waals surface area contributed by atoms with Crippen molar-refractivity contribution in [1.82, 2.24) is 14.9 Å². The Hall–Kier alpha value is -1.71. The van der Waals surface area contributed by atoms with Gasteiger partial charge in [0, 0.05) is 6.54 Å². The average Bonchev–Trinajstić information content (AvgIpc) is 2.41. The van der Waals surface area contributed by atoms with Crippen molar-refractivity contribution in [2.45, 2.75) is 4.90 Å². The number of nitrogens with zero attached hydrogens (tertiary/aromatic N) is 2. The van der Waals surface area contributed by atoms with Crippen LogP contribution in [0.1, 0.15) is 0 Å². The first-order chi connectivity index (χ1) is 9.51. The van der Waals surface area contributed by atoms with E-state index in [0.29, 0.717) is 13.2 Å². The highest BCUT2D eigenvalue weighted by Crippen LogP contribution is 2.09. The number of nitrogens with one attached hydrogen (secondary N) is 2. The van der Waals surface area contributed by atoms with Crippen LogP contribution in [0.15, 0.2) is 34.2 Å². The number of rotatable bonds is 4. The van der Waals surface area contributed by atoms with E-state index in [1.165, 1.54) is 12.1 Å². The Morgan fingerprint density at radius 1 is 1.40 bits per heavy atom. The Bertz CT molecular complexity index is 588. The Morgan fingerprint density at radius 3 is 2.65 bits per heavy atom. The molecule has 0 aliphatic carbocycles. The zero-order chi connectivity index (χ0) is 14.6. The molecule has 9 heteroatoms. The van der Waals surface area contributed by atoms with Gasteiger partial charge in [-0.1, -0.05) is 0 Å². The second kappa shape index (κ2) is 6.16. The quantitative estimate of drug-likeness (QED) is 0.682. The number of hydrogen-bond donors (Lipinski definition) is 3. The van der Waals surface area contributed by atoms with Crippen LogP contribution in [0.3, 0.4) is 0 Å². The molecule has 20 heavy (non-hydrogen) atoms. The lowest BCUT2D eigenvalue weighted by Crippen LogP contribution is -2.50. The highest BCUT2D eigenvalue weighted by Gasteiger charge is 2.19. The normalized spacial score (nSPS) is 16.4. The highest BCUT2D eigenvalue weighted by atomic mass is 32.2. The van der Waals surface area contributed by atoms with Crippen molar-refractivity contribution in [1.29, 1.82) is 0 Å². The summed E-state index contributed by atoms with van der Waals surface area (Å²) in [5, 5.41) is 11.6. The van der Waals surface area contributed by atoms with Crippen molar-refractivity contribution in [3.8, 4) is 0 Å². The molecule has 0 bridgehead atoms. The summed E-state index contributed by atoms with van der Waals surface area (Å²) in [6.45, 7) is 1.13. The fourth-order valence-corrected chi connectivity index (χ4v) is 2.63. The molecule has 0 fully saturated rings. The summed E-state index contributed by atoms with van der Waals surface area (Å²) < 4.78 is 39.1. The van der Waals surface area contributed by atoms with Gasteiger partial charge in [0.2, 0.25) is 5.96 Å². The molecule has 7 nitrogen and oxygen atoms in total. The van der Waals surface area contributed by atoms with Crippen molar-refractivity contribution in [3.63, 3.8) is 0 Å². The van der Waals surface area contributed by atoms with Crippen LogP contribution >= 0.6 is 0 Å². The number of guanidine groups is 1. The van der Waals surface area contributed by atoms with Crippen LogP contribution in [0.5, 0.6) is 0 Å². The van der Waals surface area contributed by atoms with E-state index < -0.39 is 15.8 Å². The Kier molecular flexibility index (Phi) is 4.53. The van der Waals surface area contributed by atoms with Crippen LogP contribution in [0.2, 0.25) is 0 Å². The fraction of sp³-hybridized carbons (Fsp3) is 0.364. The first-order valence-corrected chi connectivity index (χ1v) is 7.39. The van der Waals surface area contributed by atoms with Crippen LogP contribution in [-0.4, -0.2) is 50.9 Å². The molecule has 0 atom stereocenters. The largest absolute Gasteiger partial charge is 0.395 e. The van der Waals surface area contributed by atoms with Gasteiger partial charge >= 0.3 is 0 Å². The third-order valence-electron chi connectivity index (χ3n) is 2.67. The maximum atomic E-state index is 12.8. The van der Waals surface area contributed by atoms with Crippen LogP contribution in [-0.2, 0) is 10.0 Å². The summed E-state index contributed by atoms with van der Waals surface area (Å²) in [5.74, 6) is -0.375. The van der Waals surface area contributed by atoms with E-state index in [0.717, 1.165) is 12.1 Å². The van der Waals surface area contributed by atoms with Gasteiger partial charge in [-0.05, 0) is 24.3 Å². The van der Waals surface area contributed by atoms with Crippen molar-refractivity contribution in [2.24, 2.45) is 4.99 Å². The smallest absolute Gasteiger partial charge is 0.264 e.